The molecule has 0 spiro atoms. The smallest absolute Gasteiger partial charge is 0.249 e. The SMILES string of the molecule is CC(C)Oc1ccc(NCc2cc(C(N)=O)cs2)cc1. The molecule has 2 rings (SSSR count). The van der Waals surface area contributed by atoms with Gasteiger partial charge in [-0.1, -0.05) is 0 Å². The Balaban J connectivity index is 1.91. The van der Waals surface area contributed by atoms with Gasteiger partial charge < -0.3 is 15.8 Å². The number of hydrogen-bond acceptors (Lipinski definition) is 4. The van der Waals surface area contributed by atoms with Crippen LogP contribution < -0.4 is 15.8 Å². The maximum Gasteiger partial charge on any atom is 0.249 e. The molecule has 1 amide bonds. The molecule has 1 aromatic carbocycles. The Kier molecular flexibility index (Phi) is 4.63. The van der Waals surface area contributed by atoms with E-state index >= 15 is 0 Å². The van der Waals surface area contributed by atoms with Crippen LogP contribution in [0, 0.1) is 0 Å². The molecule has 2 aromatic rings. The molecule has 0 saturated carbocycles. The number of carbonyl (C=O) groups excluding carboxylic acids is 1. The zero-order chi connectivity index (χ0) is 14.5. The van der Waals surface area contributed by atoms with Crippen LogP contribution in [0.2, 0.25) is 0 Å². The molecule has 0 bridgehead atoms. The third kappa shape index (κ3) is 3.99. The highest BCUT2D eigenvalue weighted by molar-refractivity contribution is 7.10. The lowest BCUT2D eigenvalue weighted by molar-refractivity contribution is 0.100. The van der Waals surface area contributed by atoms with E-state index in [1.165, 1.54) is 11.3 Å². The predicted molar refractivity (Wildman–Crippen MR) is 82.4 cm³/mol. The maximum atomic E-state index is 11.0. The first-order valence-electron chi connectivity index (χ1n) is 6.42. The summed E-state index contributed by atoms with van der Waals surface area (Å²) in [7, 11) is 0. The highest BCUT2D eigenvalue weighted by Crippen LogP contribution is 2.19. The second-order valence-corrected chi connectivity index (χ2v) is 5.71. The fourth-order valence-electron chi connectivity index (χ4n) is 1.72. The summed E-state index contributed by atoms with van der Waals surface area (Å²) in [6.07, 6.45) is 0.173. The van der Waals surface area contributed by atoms with Crippen LogP contribution in [0.4, 0.5) is 5.69 Å². The van der Waals surface area contributed by atoms with Crippen molar-refractivity contribution < 1.29 is 9.53 Å². The molecule has 0 radical (unpaired) electrons. The second-order valence-electron chi connectivity index (χ2n) is 4.71. The highest BCUT2D eigenvalue weighted by Gasteiger charge is 2.04. The molecule has 20 heavy (non-hydrogen) atoms. The molecule has 4 nitrogen and oxygen atoms in total. The number of thiophene rings is 1. The van der Waals surface area contributed by atoms with Crippen LogP contribution in [0.1, 0.15) is 29.1 Å². The summed E-state index contributed by atoms with van der Waals surface area (Å²) in [6, 6.07) is 9.63. The van der Waals surface area contributed by atoms with Gasteiger partial charge in [0.2, 0.25) is 5.91 Å². The predicted octanol–water partition coefficient (Wildman–Crippen LogP) is 3.25. The van der Waals surface area contributed by atoms with E-state index in [1.807, 2.05) is 44.2 Å². The monoisotopic (exact) mass is 290 g/mol. The quantitative estimate of drug-likeness (QED) is 0.858. The van der Waals surface area contributed by atoms with Gasteiger partial charge in [-0.3, -0.25) is 4.79 Å². The van der Waals surface area contributed by atoms with Crippen molar-refractivity contribution in [3.63, 3.8) is 0 Å². The highest BCUT2D eigenvalue weighted by atomic mass is 32.1. The number of amides is 1. The molecule has 0 atom stereocenters. The van der Waals surface area contributed by atoms with Crippen LogP contribution in [0.3, 0.4) is 0 Å². The summed E-state index contributed by atoms with van der Waals surface area (Å²) in [4.78, 5) is 12.1. The van der Waals surface area contributed by atoms with Crippen molar-refractivity contribution in [2.45, 2.75) is 26.5 Å². The van der Waals surface area contributed by atoms with Crippen LogP contribution in [0.15, 0.2) is 35.7 Å². The molecule has 0 aliphatic carbocycles. The molecule has 5 heteroatoms. The third-order valence-electron chi connectivity index (χ3n) is 2.63. The number of nitrogens with one attached hydrogen (secondary N) is 1. The number of carbonyl (C=O) groups is 1. The van der Waals surface area contributed by atoms with Crippen LogP contribution in [0.25, 0.3) is 0 Å². The normalized spacial score (nSPS) is 10.6. The molecule has 0 unspecified atom stereocenters. The van der Waals surface area contributed by atoms with E-state index in [-0.39, 0.29) is 12.0 Å². The summed E-state index contributed by atoms with van der Waals surface area (Å²) in [5.74, 6) is 0.473. The number of anilines is 1. The fourth-order valence-corrected chi connectivity index (χ4v) is 2.53. The van der Waals surface area contributed by atoms with Gasteiger partial charge in [0.1, 0.15) is 5.75 Å². The van der Waals surface area contributed by atoms with Gasteiger partial charge in [0.15, 0.2) is 0 Å². The van der Waals surface area contributed by atoms with Crippen LogP contribution in [0.5, 0.6) is 5.75 Å². The van der Waals surface area contributed by atoms with E-state index < -0.39 is 0 Å². The van der Waals surface area contributed by atoms with Crippen molar-refractivity contribution in [1.29, 1.82) is 0 Å². The summed E-state index contributed by atoms with van der Waals surface area (Å²) in [5.41, 5.74) is 6.80. The van der Waals surface area contributed by atoms with E-state index in [4.69, 9.17) is 10.5 Å². The summed E-state index contributed by atoms with van der Waals surface area (Å²) in [6.45, 7) is 4.67. The Hall–Kier alpha value is -2.01. The number of nitrogens with two attached hydrogens (primary N) is 1. The number of hydrogen-bond donors (Lipinski definition) is 2. The van der Waals surface area contributed by atoms with Crippen LogP contribution in [-0.2, 0) is 6.54 Å². The van der Waals surface area contributed by atoms with E-state index in [0.717, 1.165) is 16.3 Å². The van der Waals surface area contributed by atoms with Crippen molar-refractivity contribution in [2.24, 2.45) is 5.73 Å². The lowest BCUT2D eigenvalue weighted by Crippen LogP contribution is -2.09. The van der Waals surface area contributed by atoms with Gasteiger partial charge in [0.25, 0.3) is 0 Å². The Labute approximate surface area is 122 Å². The van der Waals surface area contributed by atoms with E-state index in [1.54, 1.807) is 5.38 Å². The number of primary amides is 1. The Morgan fingerprint density at radius 3 is 2.60 bits per heavy atom. The van der Waals surface area contributed by atoms with E-state index in [0.29, 0.717) is 12.1 Å². The minimum Gasteiger partial charge on any atom is -0.491 e. The van der Waals surface area contributed by atoms with Gasteiger partial charge in [-0.15, -0.1) is 11.3 Å². The lowest BCUT2D eigenvalue weighted by atomic mass is 10.2. The third-order valence-corrected chi connectivity index (χ3v) is 3.57. The molecule has 0 aliphatic rings. The van der Waals surface area contributed by atoms with E-state index in [2.05, 4.69) is 5.32 Å². The molecule has 0 aliphatic heterocycles. The minimum atomic E-state index is -0.386. The molecular weight excluding hydrogens is 272 g/mol. The van der Waals surface area contributed by atoms with Crippen LogP contribution in [-0.4, -0.2) is 12.0 Å². The van der Waals surface area contributed by atoms with Gasteiger partial charge in [-0.2, -0.15) is 0 Å². The molecule has 0 fully saturated rings. The number of rotatable bonds is 6. The molecule has 3 N–H and O–H groups in total. The first kappa shape index (κ1) is 14.4. The topological polar surface area (TPSA) is 64.3 Å². The Morgan fingerprint density at radius 2 is 2.05 bits per heavy atom. The van der Waals surface area contributed by atoms with Gasteiger partial charge in [0, 0.05) is 22.5 Å². The number of ether oxygens (including phenoxy) is 1. The Morgan fingerprint density at radius 1 is 1.35 bits per heavy atom. The zero-order valence-electron chi connectivity index (χ0n) is 11.6. The Bertz CT molecular complexity index is 576. The summed E-state index contributed by atoms with van der Waals surface area (Å²) in [5, 5.41) is 5.07. The van der Waals surface area contributed by atoms with Gasteiger partial charge in [0.05, 0.1) is 11.7 Å². The lowest BCUT2D eigenvalue weighted by Gasteiger charge is -2.10. The van der Waals surface area contributed by atoms with Crippen molar-refractivity contribution in [2.75, 3.05) is 5.32 Å². The first-order chi connectivity index (χ1) is 9.54. The molecule has 106 valence electrons. The number of benzene rings is 1. The van der Waals surface area contributed by atoms with E-state index in [9.17, 15) is 4.79 Å². The molecule has 0 saturated heterocycles. The van der Waals surface area contributed by atoms with Gasteiger partial charge in [-0.05, 0) is 44.2 Å². The largest absolute Gasteiger partial charge is 0.491 e. The zero-order valence-corrected chi connectivity index (χ0v) is 12.4. The molecule has 1 heterocycles. The first-order valence-corrected chi connectivity index (χ1v) is 7.30. The van der Waals surface area contributed by atoms with Gasteiger partial charge >= 0.3 is 0 Å². The van der Waals surface area contributed by atoms with Crippen molar-refractivity contribution in [1.82, 2.24) is 0 Å². The second kappa shape index (κ2) is 6.43. The van der Waals surface area contributed by atoms with Crippen molar-refractivity contribution in [3.8, 4) is 5.75 Å². The summed E-state index contributed by atoms with van der Waals surface area (Å²) >= 11 is 1.52. The maximum absolute atomic E-state index is 11.0. The average molecular weight is 290 g/mol. The summed E-state index contributed by atoms with van der Waals surface area (Å²) < 4.78 is 5.58. The minimum absolute atomic E-state index is 0.173. The van der Waals surface area contributed by atoms with Crippen molar-refractivity contribution in [3.05, 3.63) is 46.2 Å². The average Bonchev–Trinajstić information content (AvgIpc) is 2.86. The van der Waals surface area contributed by atoms with Crippen LogP contribution >= 0.6 is 11.3 Å². The standard InChI is InChI=1S/C15H18N2O2S/c1-10(2)19-13-5-3-12(4-6-13)17-8-14-7-11(9-20-14)15(16)18/h3-7,9-10,17H,8H2,1-2H3,(H2,16,18). The fraction of sp³-hybridized carbons (Fsp3) is 0.267. The van der Waals surface area contributed by atoms with Gasteiger partial charge in [-0.25, -0.2) is 0 Å². The van der Waals surface area contributed by atoms with Crippen molar-refractivity contribution >= 4 is 22.9 Å². The molecular formula is C15H18N2O2S. The molecule has 1 aromatic heterocycles.